The van der Waals surface area contributed by atoms with E-state index in [4.69, 9.17) is 9.72 Å². The van der Waals surface area contributed by atoms with Crippen LogP contribution in [0, 0.1) is 11.3 Å². The van der Waals surface area contributed by atoms with Crippen molar-refractivity contribution in [2.24, 2.45) is 11.3 Å². The Kier molecular flexibility index (Phi) is 8.96. The maximum absolute atomic E-state index is 14.3. The second kappa shape index (κ2) is 12.8. The van der Waals surface area contributed by atoms with Crippen LogP contribution in [-0.2, 0) is 4.79 Å². The van der Waals surface area contributed by atoms with Gasteiger partial charge in [-0.2, -0.15) is 13.2 Å². The molecule has 1 saturated carbocycles. The Balaban J connectivity index is 1.31. The molecule has 7 rings (SSSR count). The number of aromatic nitrogens is 2. The molecule has 4 aliphatic heterocycles. The zero-order chi connectivity index (χ0) is 31.8. The minimum Gasteiger partial charge on any atom is -0.477 e. The van der Waals surface area contributed by atoms with E-state index in [0.29, 0.717) is 61.2 Å². The van der Waals surface area contributed by atoms with Crippen molar-refractivity contribution in [1.82, 2.24) is 25.1 Å². The van der Waals surface area contributed by atoms with Gasteiger partial charge in [0.1, 0.15) is 5.41 Å². The lowest BCUT2D eigenvalue weighted by Gasteiger charge is -2.46. The van der Waals surface area contributed by atoms with Crippen LogP contribution in [0.2, 0.25) is 0 Å². The zero-order valence-electron chi connectivity index (χ0n) is 26.1. The van der Waals surface area contributed by atoms with Gasteiger partial charge in [-0.15, -0.1) is 0 Å². The first-order valence-electron chi connectivity index (χ1n) is 16.4. The number of rotatable bonds is 8. The van der Waals surface area contributed by atoms with E-state index in [9.17, 15) is 22.8 Å². The molecule has 2 bridgehead atoms. The van der Waals surface area contributed by atoms with Gasteiger partial charge in [0.2, 0.25) is 11.8 Å². The fraction of sp³-hybridized carbons (Fsp3) is 0.636. The second-order valence-electron chi connectivity index (χ2n) is 12.9. The molecule has 9 nitrogen and oxygen atoms in total. The number of piperazine rings is 1. The Hall–Kier alpha value is -3.41. The Morgan fingerprint density at radius 3 is 2.44 bits per heavy atom. The summed E-state index contributed by atoms with van der Waals surface area (Å²) >= 11 is 0. The van der Waals surface area contributed by atoms with Gasteiger partial charge in [0.25, 0.3) is 5.91 Å². The minimum absolute atomic E-state index is 0.0251. The molecule has 45 heavy (non-hydrogen) atoms. The molecule has 12 heteroatoms. The number of amides is 2. The molecule has 0 spiro atoms. The topological polar surface area (TPSA) is 90.9 Å². The molecular formula is C33H43F3N6O3. The molecule has 6 heterocycles. The lowest BCUT2D eigenvalue weighted by molar-refractivity contribution is -0.226. The van der Waals surface area contributed by atoms with Crippen LogP contribution in [0.4, 0.5) is 18.9 Å². The zero-order valence-corrected chi connectivity index (χ0v) is 26.1. The molecular weight excluding hydrogens is 585 g/mol. The Labute approximate surface area is 262 Å². The average molecular weight is 629 g/mol. The number of pyridine rings is 2. The van der Waals surface area contributed by atoms with Crippen LogP contribution in [0.1, 0.15) is 69.3 Å². The average Bonchev–Trinajstić information content (AvgIpc) is 3.57. The monoisotopic (exact) mass is 628 g/mol. The fourth-order valence-corrected chi connectivity index (χ4v) is 7.81. The molecule has 0 radical (unpaired) electrons. The van der Waals surface area contributed by atoms with E-state index < -0.39 is 17.5 Å². The van der Waals surface area contributed by atoms with Gasteiger partial charge in [0, 0.05) is 44.5 Å². The molecule has 2 atom stereocenters. The minimum atomic E-state index is -4.58. The van der Waals surface area contributed by atoms with Crippen LogP contribution in [0.15, 0.2) is 30.5 Å². The van der Waals surface area contributed by atoms with Crippen molar-refractivity contribution in [2.45, 2.75) is 77.1 Å². The van der Waals surface area contributed by atoms with E-state index >= 15 is 0 Å². The van der Waals surface area contributed by atoms with Crippen molar-refractivity contribution in [3.63, 3.8) is 0 Å². The summed E-state index contributed by atoms with van der Waals surface area (Å²) in [6.45, 7) is 7.77. The standard InChI is InChI=1S/C33H43F3N6O3/c1-3-23-20-41(31(44)32(33(34,35)36)13-5-6-14-32)18-19-42(23)27-10-9-25(24-8-7-15-37-30(24)45-4-2)38-28(27)29(43)39-26-21-40-16-11-22(26)12-17-40/h7-10,15,22-23,26H,3-6,11-14,16-21H2,1-2H3,(H,39,43)/t23-,26-/m1/s1. The summed E-state index contributed by atoms with van der Waals surface area (Å²) in [6, 6.07) is 7.10. The van der Waals surface area contributed by atoms with Crippen molar-refractivity contribution >= 4 is 17.5 Å². The molecule has 0 aromatic carbocycles. The van der Waals surface area contributed by atoms with E-state index in [-0.39, 0.29) is 49.6 Å². The number of carbonyl (C=O) groups is 2. The van der Waals surface area contributed by atoms with Crippen LogP contribution >= 0.6 is 0 Å². The molecule has 5 fully saturated rings. The Morgan fingerprint density at radius 2 is 1.80 bits per heavy atom. The predicted octanol–water partition coefficient (Wildman–Crippen LogP) is 4.92. The van der Waals surface area contributed by atoms with Crippen LogP contribution in [-0.4, -0.2) is 95.7 Å². The summed E-state index contributed by atoms with van der Waals surface area (Å²) in [6.07, 6.45) is 0.248. The number of carbonyl (C=O) groups excluding carboxylic acids is 2. The van der Waals surface area contributed by atoms with Crippen LogP contribution < -0.4 is 15.0 Å². The number of anilines is 1. The molecule has 0 unspecified atom stereocenters. The largest absolute Gasteiger partial charge is 0.477 e. The second-order valence-corrected chi connectivity index (χ2v) is 12.9. The Bertz CT molecular complexity index is 1390. The molecule has 5 aliphatic rings. The van der Waals surface area contributed by atoms with Crippen molar-refractivity contribution in [3.05, 3.63) is 36.2 Å². The van der Waals surface area contributed by atoms with Gasteiger partial charge in [-0.25, -0.2) is 9.97 Å². The van der Waals surface area contributed by atoms with E-state index in [0.717, 1.165) is 32.5 Å². The van der Waals surface area contributed by atoms with E-state index in [2.05, 4.69) is 15.2 Å². The molecule has 1 aliphatic carbocycles. The van der Waals surface area contributed by atoms with Crippen molar-refractivity contribution in [2.75, 3.05) is 50.8 Å². The number of piperidine rings is 3. The van der Waals surface area contributed by atoms with E-state index in [1.807, 2.05) is 36.9 Å². The van der Waals surface area contributed by atoms with Gasteiger partial charge in [-0.05, 0) is 82.3 Å². The lowest BCUT2D eigenvalue weighted by Crippen LogP contribution is -2.60. The summed E-state index contributed by atoms with van der Waals surface area (Å²) in [5.74, 6) is -0.238. The number of nitrogens with one attached hydrogen (secondary N) is 1. The van der Waals surface area contributed by atoms with Crippen LogP contribution in [0.5, 0.6) is 5.88 Å². The van der Waals surface area contributed by atoms with Crippen molar-refractivity contribution in [1.29, 1.82) is 0 Å². The van der Waals surface area contributed by atoms with Crippen LogP contribution in [0.25, 0.3) is 11.3 Å². The highest BCUT2D eigenvalue weighted by atomic mass is 19.4. The highest BCUT2D eigenvalue weighted by Crippen LogP contribution is 2.52. The SMILES string of the molecule is CCOc1ncccc1-c1ccc(N2CCN(C(=O)C3(C(F)(F)F)CCCC3)C[C@H]2CC)c(C(=O)N[C@@H]2CN3CCC2CC3)n1. The van der Waals surface area contributed by atoms with Gasteiger partial charge < -0.3 is 24.8 Å². The molecule has 2 amide bonds. The van der Waals surface area contributed by atoms with Gasteiger partial charge in [0.15, 0.2) is 5.69 Å². The first-order valence-corrected chi connectivity index (χ1v) is 16.4. The van der Waals surface area contributed by atoms with E-state index in [1.54, 1.807) is 12.3 Å². The first-order chi connectivity index (χ1) is 21.6. The van der Waals surface area contributed by atoms with Gasteiger partial charge >= 0.3 is 6.18 Å². The molecule has 2 aromatic rings. The molecule has 4 saturated heterocycles. The lowest BCUT2D eigenvalue weighted by atomic mass is 9.83. The fourth-order valence-electron chi connectivity index (χ4n) is 7.81. The number of fused-ring (bicyclic) bond motifs is 3. The quantitative estimate of drug-likeness (QED) is 0.444. The summed E-state index contributed by atoms with van der Waals surface area (Å²) in [7, 11) is 0. The number of hydrogen-bond donors (Lipinski definition) is 1. The Morgan fingerprint density at radius 1 is 1.04 bits per heavy atom. The molecule has 2 aromatic heterocycles. The van der Waals surface area contributed by atoms with Gasteiger partial charge in [-0.1, -0.05) is 19.8 Å². The maximum Gasteiger partial charge on any atom is 0.403 e. The number of alkyl halides is 3. The highest BCUT2D eigenvalue weighted by molar-refractivity contribution is 5.99. The summed E-state index contributed by atoms with van der Waals surface area (Å²) in [4.78, 5) is 42.7. The van der Waals surface area contributed by atoms with Crippen LogP contribution in [0.3, 0.4) is 0 Å². The molecule has 244 valence electrons. The molecule has 1 N–H and O–H groups in total. The maximum atomic E-state index is 14.3. The third-order valence-corrected chi connectivity index (χ3v) is 10.3. The summed E-state index contributed by atoms with van der Waals surface area (Å²) in [5, 5.41) is 3.28. The van der Waals surface area contributed by atoms with Crippen molar-refractivity contribution in [3.8, 4) is 17.1 Å². The van der Waals surface area contributed by atoms with E-state index in [1.165, 1.54) is 4.90 Å². The smallest absolute Gasteiger partial charge is 0.403 e. The van der Waals surface area contributed by atoms with Gasteiger partial charge in [-0.3, -0.25) is 9.59 Å². The summed E-state index contributed by atoms with van der Waals surface area (Å²) < 4.78 is 48.5. The number of hydrogen-bond acceptors (Lipinski definition) is 7. The number of nitrogens with zero attached hydrogens (tertiary/aromatic N) is 5. The number of halogens is 3. The third kappa shape index (κ3) is 5.97. The highest BCUT2D eigenvalue weighted by Gasteiger charge is 2.62. The number of ether oxygens (including phenoxy) is 1. The normalized spacial score (nSPS) is 26.2. The van der Waals surface area contributed by atoms with Crippen molar-refractivity contribution < 1.29 is 27.5 Å². The first kappa shape index (κ1) is 31.6. The summed E-state index contributed by atoms with van der Waals surface area (Å²) in [5.41, 5.74) is -0.205. The van der Waals surface area contributed by atoms with Gasteiger partial charge in [0.05, 0.1) is 23.6 Å². The predicted molar refractivity (Wildman–Crippen MR) is 164 cm³/mol. The third-order valence-electron chi connectivity index (χ3n) is 10.3.